The number of thioether (sulfide) groups is 1. The lowest BCUT2D eigenvalue weighted by Crippen LogP contribution is -2.32. The van der Waals surface area contributed by atoms with E-state index in [-0.39, 0.29) is 5.91 Å². The lowest BCUT2D eigenvalue weighted by atomic mass is 10.0. The molecule has 0 bridgehead atoms. The summed E-state index contributed by atoms with van der Waals surface area (Å²) in [6, 6.07) is 10.1. The van der Waals surface area contributed by atoms with Gasteiger partial charge in [0.15, 0.2) is 0 Å². The number of hydrogen-bond acceptors (Lipinski definition) is 4. The highest BCUT2D eigenvalue weighted by Gasteiger charge is 2.25. The van der Waals surface area contributed by atoms with Gasteiger partial charge < -0.3 is 9.42 Å². The predicted molar refractivity (Wildman–Crippen MR) is 83.4 cm³/mol. The Hall–Kier alpha value is -1.75. The zero-order valence-corrected chi connectivity index (χ0v) is 12.8. The summed E-state index contributed by atoms with van der Waals surface area (Å²) in [6.07, 6.45) is 2.48. The SMILES string of the molecule is Cc1ccccc1C1CCN(C(=O)c2ccno2)CCS1. The number of nitrogens with zero attached hydrogens (tertiary/aromatic N) is 2. The molecule has 1 aliphatic rings. The molecular weight excluding hydrogens is 284 g/mol. The topological polar surface area (TPSA) is 46.3 Å². The van der Waals surface area contributed by atoms with E-state index in [0.717, 1.165) is 25.3 Å². The van der Waals surface area contributed by atoms with Crippen LogP contribution >= 0.6 is 11.8 Å². The Kier molecular flexibility index (Phi) is 4.29. The molecule has 0 radical (unpaired) electrons. The van der Waals surface area contributed by atoms with Crippen molar-refractivity contribution in [2.45, 2.75) is 18.6 Å². The first-order valence-electron chi connectivity index (χ1n) is 7.13. The number of hydrogen-bond donors (Lipinski definition) is 0. The lowest BCUT2D eigenvalue weighted by molar-refractivity contribution is 0.0724. The highest BCUT2D eigenvalue weighted by Crippen LogP contribution is 2.36. The Labute approximate surface area is 128 Å². The molecule has 4 nitrogen and oxygen atoms in total. The molecule has 1 aromatic carbocycles. The van der Waals surface area contributed by atoms with Crippen molar-refractivity contribution in [2.75, 3.05) is 18.8 Å². The summed E-state index contributed by atoms with van der Waals surface area (Å²) in [6.45, 7) is 3.66. The monoisotopic (exact) mass is 302 g/mol. The first-order valence-corrected chi connectivity index (χ1v) is 8.17. The Bertz CT molecular complexity index is 612. The summed E-state index contributed by atoms with van der Waals surface area (Å²) in [5, 5.41) is 4.07. The van der Waals surface area contributed by atoms with Crippen molar-refractivity contribution in [3.8, 4) is 0 Å². The third-order valence-electron chi connectivity index (χ3n) is 3.81. The highest BCUT2D eigenvalue weighted by molar-refractivity contribution is 7.99. The van der Waals surface area contributed by atoms with E-state index in [0.29, 0.717) is 11.0 Å². The molecular formula is C16H18N2O2S. The van der Waals surface area contributed by atoms with Crippen molar-refractivity contribution in [1.29, 1.82) is 0 Å². The molecule has 3 rings (SSSR count). The van der Waals surface area contributed by atoms with Crippen LogP contribution in [-0.2, 0) is 0 Å². The van der Waals surface area contributed by atoms with Crippen LogP contribution in [0.3, 0.4) is 0 Å². The van der Waals surface area contributed by atoms with Gasteiger partial charge in [-0.25, -0.2) is 0 Å². The van der Waals surface area contributed by atoms with E-state index in [2.05, 4.69) is 36.3 Å². The Morgan fingerprint density at radius 1 is 1.33 bits per heavy atom. The Balaban J connectivity index is 1.70. The highest BCUT2D eigenvalue weighted by atomic mass is 32.2. The second-order valence-electron chi connectivity index (χ2n) is 5.17. The van der Waals surface area contributed by atoms with Gasteiger partial charge in [-0.1, -0.05) is 29.4 Å². The molecule has 5 heteroatoms. The normalized spacial score (nSPS) is 19.3. The quantitative estimate of drug-likeness (QED) is 0.854. The molecule has 0 saturated carbocycles. The summed E-state index contributed by atoms with van der Waals surface area (Å²) < 4.78 is 4.97. The number of carbonyl (C=O) groups is 1. The van der Waals surface area contributed by atoms with Gasteiger partial charge >= 0.3 is 0 Å². The van der Waals surface area contributed by atoms with Gasteiger partial charge in [0.2, 0.25) is 5.76 Å². The molecule has 1 amide bonds. The first-order chi connectivity index (χ1) is 10.3. The standard InChI is InChI=1S/C16H18N2O2S/c1-12-4-2-3-5-13(12)15-7-9-18(10-11-21-15)16(19)14-6-8-17-20-14/h2-6,8,15H,7,9-11H2,1H3. The van der Waals surface area contributed by atoms with Gasteiger partial charge in [0.1, 0.15) is 0 Å². The minimum Gasteiger partial charge on any atom is -0.351 e. The second kappa shape index (κ2) is 6.35. The third kappa shape index (κ3) is 3.13. The molecule has 2 heterocycles. The summed E-state index contributed by atoms with van der Waals surface area (Å²) in [5.41, 5.74) is 2.71. The van der Waals surface area contributed by atoms with Crippen LogP contribution in [0.1, 0.15) is 33.4 Å². The molecule has 0 aliphatic carbocycles. The molecule has 1 fully saturated rings. The number of aryl methyl sites for hydroxylation is 1. The third-order valence-corrected chi connectivity index (χ3v) is 5.12. The van der Waals surface area contributed by atoms with Gasteiger partial charge in [-0.15, -0.1) is 0 Å². The number of carbonyl (C=O) groups excluding carboxylic acids is 1. The van der Waals surface area contributed by atoms with Gasteiger partial charge in [0, 0.05) is 30.2 Å². The Morgan fingerprint density at radius 2 is 2.19 bits per heavy atom. The van der Waals surface area contributed by atoms with Crippen LogP contribution in [0, 0.1) is 6.92 Å². The minimum absolute atomic E-state index is 0.0569. The number of rotatable bonds is 2. The molecule has 1 saturated heterocycles. The second-order valence-corrected chi connectivity index (χ2v) is 6.48. The van der Waals surface area contributed by atoms with Crippen LogP contribution in [0.2, 0.25) is 0 Å². The van der Waals surface area contributed by atoms with Crippen LogP contribution in [0.25, 0.3) is 0 Å². The number of aromatic nitrogens is 1. The smallest absolute Gasteiger partial charge is 0.292 e. The molecule has 1 atom stereocenters. The van der Waals surface area contributed by atoms with Crippen LogP contribution in [0.4, 0.5) is 0 Å². The van der Waals surface area contributed by atoms with E-state index in [1.54, 1.807) is 6.07 Å². The predicted octanol–water partition coefficient (Wildman–Crippen LogP) is 3.30. The van der Waals surface area contributed by atoms with Crippen molar-refractivity contribution < 1.29 is 9.32 Å². The number of benzene rings is 1. The molecule has 1 aliphatic heterocycles. The van der Waals surface area contributed by atoms with E-state index in [4.69, 9.17) is 4.52 Å². The van der Waals surface area contributed by atoms with Crippen molar-refractivity contribution in [2.24, 2.45) is 0 Å². The van der Waals surface area contributed by atoms with E-state index in [1.165, 1.54) is 17.3 Å². The maximum atomic E-state index is 12.3. The van der Waals surface area contributed by atoms with Crippen LogP contribution in [0.5, 0.6) is 0 Å². The van der Waals surface area contributed by atoms with Gasteiger partial charge in [-0.2, -0.15) is 11.8 Å². The molecule has 1 aromatic heterocycles. The zero-order valence-electron chi connectivity index (χ0n) is 12.0. The van der Waals surface area contributed by atoms with Gasteiger partial charge in [-0.3, -0.25) is 4.79 Å². The summed E-state index contributed by atoms with van der Waals surface area (Å²) in [4.78, 5) is 14.2. The minimum atomic E-state index is -0.0569. The van der Waals surface area contributed by atoms with Crippen molar-refractivity contribution >= 4 is 17.7 Å². The van der Waals surface area contributed by atoms with E-state index in [1.807, 2.05) is 16.7 Å². The molecule has 2 aromatic rings. The van der Waals surface area contributed by atoms with E-state index in [9.17, 15) is 4.79 Å². The average Bonchev–Trinajstić information content (AvgIpc) is 2.92. The van der Waals surface area contributed by atoms with Gasteiger partial charge in [0.25, 0.3) is 5.91 Å². The van der Waals surface area contributed by atoms with Crippen LogP contribution < -0.4 is 0 Å². The molecule has 0 N–H and O–H groups in total. The summed E-state index contributed by atoms with van der Waals surface area (Å²) >= 11 is 1.93. The number of amides is 1. The van der Waals surface area contributed by atoms with Crippen LogP contribution in [-0.4, -0.2) is 34.8 Å². The Morgan fingerprint density at radius 3 is 2.95 bits per heavy atom. The summed E-state index contributed by atoms with van der Waals surface area (Å²) in [5.74, 6) is 1.21. The fourth-order valence-corrected chi connectivity index (χ4v) is 3.98. The maximum absolute atomic E-state index is 12.3. The fraction of sp³-hybridized carbons (Fsp3) is 0.375. The van der Waals surface area contributed by atoms with Gasteiger partial charge in [0.05, 0.1) is 6.20 Å². The average molecular weight is 302 g/mol. The van der Waals surface area contributed by atoms with Crippen molar-refractivity contribution in [1.82, 2.24) is 10.1 Å². The van der Waals surface area contributed by atoms with E-state index < -0.39 is 0 Å². The fourth-order valence-electron chi connectivity index (χ4n) is 2.65. The van der Waals surface area contributed by atoms with Crippen LogP contribution in [0.15, 0.2) is 41.1 Å². The molecule has 110 valence electrons. The van der Waals surface area contributed by atoms with Crippen molar-refractivity contribution in [3.63, 3.8) is 0 Å². The largest absolute Gasteiger partial charge is 0.351 e. The van der Waals surface area contributed by atoms with Crippen molar-refractivity contribution in [3.05, 3.63) is 53.4 Å². The lowest BCUT2D eigenvalue weighted by Gasteiger charge is -2.19. The molecule has 0 spiro atoms. The van der Waals surface area contributed by atoms with Gasteiger partial charge in [-0.05, 0) is 24.5 Å². The first kappa shape index (κ1) is 14.2. The molecule has 1 unspecified atom stereocenters. The molecule has 21 heavy (non-hydrogen) atoms. The van der Waals surface area contributed by atoms with E-state index >= 15 is 0 Å². The zero-order chi connectivity index (χ0) is 14.7. The summed E-state index contributed by atoms with van der Waals surface area (Å²) in [7, 11) is 0. The maximum Gasteiger partial charge on any atom is 0.292 e.